The van der Waals surface area contributed by atoms with Gasteiger partial charge in [0, 0.05) is 12.1 Å². The zero-order chi connectivity index (χ0) is 13.1. The van der Waals surface area contributed by atoms with Gasteiger partial charge in [-0.05, 0) is 49.6 Å². The van der Waals surface area contributed by atoms with Crippen LogP contribution in [0.4, 0.5) is 0 Å². The number of nitrogens with zero attached hydrogens (tertiary/aromatic N) is 1. The largest absolute Gasteiger partial charge is 0.386 e. The van der Waals surface area contributed by atoms with Crippen molar-refractivity contribution in [2.45, 2.75) is 33.3 Å². The lowest BCUT2D eigenvalue weighted by Crippen LogP contribution is -2.05. The molecule has 0 aliphatic rings. The number of hydrogen-bond donors (Lipinski definition) is 1. The second-order valence-electron chi connectivity index (χ2n) is 4.84. The first-order valence-corrected chi connectivity index (χ1v) is 6.24. The van der Waals surface area contributed by atoms with Crippen LogP contribution in [0.1, 0.15) is 34.2 Å². The second-order valence-corrected chi connectivity index (χ2v) is 4.84. The van der Waals surface area contributed by atoms with Crippen molar-refractivity contribution in [3.8, 4) is 0 Å². The molecular formula is C16H19NO. The molecule has 0 spiro atoms. The fourth-order valence-corrected chi connectivity index (χ4v) is 2.01. The van der Waals surface area contributed by atoms with E-state index in [0.717, 1.165) is 17.0 Å². The lowest BCUT2D eigenvalue weighted by molar-refractivity contribution is 0.173. The number of rotatable bonds is 3. The van der Waals surface area contributed by atoms with Crippen LogP contribution in [0.5, 0.6) is 0 Å². The molecule has 0 aliphatic heterocycles. The van der Waals surface area contributed by atoms with Gasteiger partial charge in [0.2, 0.25) is 0 Å². The minimum atomic E-state index is -0.535. The third-order valence-corrected chi connectivity index (χ3v) is 3.25. The maximum Gasteiger partial charge on any atom is 0.1000 e. The first-order valence-electron chi connectivity index (χ1n) is 6.24. The van der Waals surface area contributed by atoms with Crippen LogP contribution < -0.4 is 0 Å². The van der Waals surface area contributed by atoms with Crippen LogP contribution in [0.15, 0.2) is 36.4 Å². The SMILES string of the molecule is Cc1cccc(C(O)Cc2ccc(C)c(C)c2)n1. The van der Waals surface area contributed by atoms with Crippen molar-refractivity contribution >= 4 is 0 Å². The van der Waals surface area contributed by atoms with Gasteiger partial charge in [0.25, 0.3) is 0 Å². The zero-order valence-corrected chi connectivity index (χ0v) is 11.1. The topological polar surface area (TPSA) is 33.1 Å². The van der Waals surface area contributed by atoms with Crippen LogP contribution in [-0.2, 0) is 6.42 Å². The van der Waals surface area contributed by atoms with Crippen molar-refractivity contribution < 1.29 is 5.11 Å². The fraction of sp³-hybridized carbons (Fsp3) is 0.312. The van der Waals surface area contributed by atoms with Gasteiger partial charge in [-0.25, -0.2) is 0 Å². The quantitative estimate of drug-likeness (QED) is 0.894. The van der Waals surface area contributed by atoms with Crippen LogP contribution >= 0.6 is 0 Å². The van der Waals surface area contributed by atoms with Gasteiger partial charge in [0.05, 0.1) is 11.8 Å². The molecule has 0 saturated heterocycles. The van der Waals surface area contributed by atoms with E-state index in [4.69, 9.17) is 0 Å². The van der Waals surface area contributed by atoms with Gasteiger partial charge in [0.1, 0.15) is 0 Å². The summed E-state index contributed by atoms with van der Waals surface area (Å²) in [5.74, 6) is 0. The molecule has 1 atom stereocenters. The van der Waals surface area contributed by atoms with Crippen LogP contribution in [0.2, 0.25) is 0 Å². The molecule has 18 heavy (non-hydrogen) atoms. The summed E-state index contributed by atoms with van der Waals surface area (Å²) in [5.41, 5.74) is 5.37. The van der Waals surface area contributed by atoms with E-state index >= 15 is 0 Å². The first-order chi connectivity index (χ1) is 8.56. The molecular weight excluding hydrogens is 222 g/mol. The Kier molecular flexibility index (Phi) is 3.78. The van der Waals surface area contributed by atoms with Gasteiger partial charge in [-0.2, -0.15) is 0 Å². The molecule has 2 rings (SSSR count). The molecule has 0 bridgehead atoms. The molecule has 1 aromatic heterocycles. The molecule has 2 heteroatoms. The minimum Gasteiger partial charge on any atom is -0.386 e. The minimum absolute atomic E-state index is 0.535. The van der Waals surface area contributed by atoms with Crippen LogP contribution in [-0.4, -0.2) is 10.1 Å². The normalized spacial score (nSPS) is 12.4. The van der Waals surface area contributed by atoms with Crippen molar-refractivity contribution in [1.82, 2.24) is 4.98 Å². The highest BCUT2D eigenvalue weighted by atomic mass is 16.3. The summed E-state index contributed by atoms with van der Waals surface area (Å²) in [6.07, 6.45) is 0.0735. The van der Waals surface area contributed by atoms with Crippen molar-refractivity contribution in [3.63, 3.8) is 0 Å². The monoisotopic (exact) mass is 241 g/mol. The lowest BCUT2D eigenvalue weighted by atomic mass is 10.0. The zero-order valence-electron chi connectivity index (χ0n) is 11.1. The van der Waals surface area contributed by atoms with E-state index in [1.165, 1.54) is 11.1 Å². The predicted molar refractivity (Wildman–Crippen MR) is 73.6 cm³/mol. The highest BCUT2D eigenvalue weighted by Gasteiger charge is 2.10. The van der Waals surface area contributed by atoms with Crippen LogP contribution in [0, 0.1) is 20.8 Å². The van der Waals surface area contributed by atoms with E-state index in [1.54, 1.807) is 0 Å². The molecule has 0 radical (unpaired) electrons. The number of aliphatic hydroxyl groups is 1. The summed E-state index contributed by atoms with van der Waals surface area (Å²) >= 11 is 0. The summed E-state index contributed by atoms with van der Waals surface area (Å²) < 4.78 is 0. The van der Waals surface area contributed by atoms with Gasteiger partial charge in [-0.15, -0.1) is 0 Å². The Balaban J connectivity index is 2.16. The first kappa shape index (κ1) is 12.8. The molecule has 0 fully saturated rings. The Morgan fingerprint density at radius 1 is 1.06 bits per heavy atom. The van der Waals surface area contributed by atoms with Gasteiger partial charge < -0.3 is 5.11 Å². The van der Waals surface area contributed by atoms with Gasteiger partial charge in [0.15, 0.2) is 0 Å². The van der Waals surface area contributed by atoms with Crippen LogP contribution in [0.3, 0.4) is 0 Å². The van der Waals surface area contributed by atoms with Crippen molar-refractivity contribution in [2.24, 2.45) is 0 Å². The number of aryl methyl sites for hydroxylation is 3. The average molecular weight is 241 g/mol. The van der Waals surface area contributed by atoms with Gasteiger partial charge in [-0.1, -0.05) is 24.3 Å². The van der Waals surface area contributed by atoms with E-state index in [9.17, 15) is 5.11 Å². The smallest absolute Gasteiger partial charge is 0.1000 e. The highest BCUT2D eigenvalue weighted by Crippen LogP contribution is 2.18. The number of hydrogen-bond acceptors (Lipinski definition) is 2. The van der Waals surface area contributed by atoms with Crippen molar-refractivity contribution in [1.29, 1.82) is 0 Å². The molecule has 0 aliphatic carbocycles. The van der Waals surface area contributed by atoms with Crippen molar-refractivity contribution in [3.05, 3.63) is 64.5 Å². The number of benzene rings is 1. The third kappa shape index (κ3) is 2.96. The number of aromatic nitrogens is 1. The maximum atomic E-state index is 10.2. The predicted octanol–water partition coefficient (Wildman–Crippen LogP) is 3.28. The van der Waals surface area contributed by atoms with E-state index < -0.39 is 6.10 Å². The summed E-state index contributed by atoms with van der Waals surface area (Å²) in [6, 6.07) is 12.0. The standard InChI is InChI=1S/C16H19NO/c1-11-7-8-14(9-12(11)2)10-16(18)15-6-4-5-13(3)17-15/h4-9,16,18H,10H2,1-3H3. The van der Waals surface area contributed by atoms with Gasteiger partial charge in [-0.3, -0.25) is 4.98 Å². The number of pyridine rings is 1. The molecule has 94 valence electrons. The Morgan fingerprint density at radius 3 is 2.50 bits per heavy atom. The van der Waals surface area contributed by atoms with Crippen molar-refractivity contribution in [2.75, 3.05) is 0 Å². The van der Waals surface area contributed by atoms with Gasteiger partial charge >= 0.3 is 0 Å². The number of aliphatic hydroxyl groups excluding tert-OH is 1. The molecule has 1 unspecified atom stereocenters. The summed E-state index contributed by atoms with van der Waals surface area (Å²) in [4.78, 5) is 4.36. The van der Waals surface area contributed by atoms with E-state index in [2.05, 4.69) is 37.0 Å². The van der Waals surface area contributed by atoms with E-state index in [-0.39, 0.29) is 0 Å². The van der Waals surface area contributed by atoms with Crippen LogP contribution in [0.25, 0.3) is 0 Å². The van der Waals surface area contributed by atoms with E-state index in [0.29, 0.717) is 6.42 Å². The second kappa shape index (κ2) is 5.32. The molecule has 0 saturated carbocycles. The molecule has 1 aromatic carbocycles. The summed E-state index contributed by atoms with van der Waals surface area (Å²) in [5, 5.41) is 10.2. The molecule has 0 amide bonds. The van der Waals surface area contributed by atoms with E-state index in [1.807, 2.05) is 25.1 Å². The Morgan fingerprint density at radius 2 is 1.83 bits per heavy atom. The maximum absolute atomic E-state index is 10.2. The molecule has 1 heterocycles. The summed E-state index contributed by atoms with van der Waals surface area (Å²) in [6.45, 7) is 6.13. The third-order valence-electron chi connectivity index (χ3n) is 3.25. The average Bonchev–Trinajstić information content (AvgIpc) is 2.34. The Hall–Kier alpha value is -1.67. The lowest BCUT2D eigenvalue weighted by Gasteiger charge is -2.12. The molecule has 2 nitrogen and oxygen atoms in total. The molecule has 1 N–H and O–H groups in total. The highest BCUT2D eigenvalue weighted by molar-refractivity contribution is 5.30. The Labute approximate surface area is 108 Å². The Bertz CT molecular complexity index is 549. The summed E-state index contributed by atoms with van der Waals surface area (Å²) in [7, 11) is 0. The molecule has 2 aromatic rings. The fourth-order valence-electron chi connectivity index (χ4n) is 2.01.